The predicted molar refractivity (Wildman–Crippen MR) is 75.5 cm³/mol. The van der Waals surface area contributed by atoms with Gasteiger partial charge < -0.3 is 0 Å². The number of aryl methyl sites for hydroxylation is 2. The number of benzene rings is 1. The Bertz CT molecular complexity index is 604. The molecule has 2 aromatic rings. The molecule has 3 heteroatoms. The van der Waals surface area contributed by atoms with Crippen LogP contribution in [0.4, 0.5) is 0 Å². The zero-order valence-electron chi connectivity index (χ0n) is 11.8. The zero-order valence-corrected chi connectivity index (χ0v) is 11.8. The van der Waals surface area contributed by atoms with E-state index in [-0.39, 0.29) is 5.78 Å². The van der Waals surface area contributed by atoms with Gasteiger partial charge in [-0.05, 0) is 36.5 Å². The first-order valence-corrected chi connectivity index (χ1v) is 6.43. The van der Waals surface area contributed by atoms with Crippen LogP contribution in [0.2, 0.25) is 0 Å². The van der Waals surface area contributed by atoms with Crippen molar-refractivity contribution in [2.75, 3.05) is 0 Å². The number of aromatic nitrogens is 2. The van der Waals surface area contributed by atoms with Crippen molar-refractivity contribution in [2.45, 2.75) is 33.6 Å². The van der Waals surface area contributed by atoms with Gasteiger partial charge in [0.15, 0.2) is 0 Å². The Labute approximate surface area is 113 Å². The first-order chi connectivity index (χ1) is 9.02. The Morgan fingerprint density at radius 2 is 1.79 bits per heavy atom. The van der Waals surface area contributed by atoms with Crippen molar-refractivity contribution in [1.82, 2.24) is 9.97 Å². The molecule has 98 valence electrons. The van der Waals surface area contributed by atoms with E-state index in [1.165, 1.54) is 6.20 Å². The van der Waals surface area contributed by atoms with Crippen LogP contribution in [0.1, 0.15) is 52.5 Å². The maximum atomic E-state index is 12.6. The van der Waals surface area contributed by atoms with Gasteiger partial charge in [0.2, 0.25) is 5.78 Å². The summed E-state index contributed by atoms with van der Waals surface area (Å²) in [4.78, 5) is 20.7. The summed E-state index contributed by atoms with van der Waals surface area (Å²) in [5, 5.41) is 0. The highest BCUT2D eigenvalue weighted by Crippen LogP contribution is 2.27. The molecule has 0 saturated heterocycles. The third-order valence-corrected chi connectivity index (χ3v) is 3.27. The summed E-state index contributed by atoms with van der Waals surface area (Å²) in [5.74, 6) is 0.258. The van der Waals surface area contributed by atoms with Crippen LogP contribution in [0, 0.1) is 13.8 Å². The fourth-order valence-corrected chi connectivity index (χ4v) is 2.42. The summed E-state index contributed by atoms with van der Waals surface area (Å²) < 4.78 is 0. The van der Waals surface area contributed by atoms with Crippen molar-refractivity contribution >= 4 is 5.78 Å². The topological polar surface area (TPSA) is 42.9 Å². The summed E-state index contributed by atoms with van der Waals surface area (Å²) in [7, 11) is 0. The Hall–Kier alpha value is -2.03. The first kappa shape index (κ1) is 13.4. The molecule has 0 saturated carbocycles. The van der Waals surface area contributed by atoms with Crippen molar-refractivity contribution in [2.24, 2.45) is 0 Å². The molecule has 1 heterocycles. The molecule has 0 aliphatic rings. The summed E-state index contributed by atoms with van der Waals surface area (Å²) in [6.45, 7) is 8.22. The second-order valence-electron chi connectivity index (χ2n) is 5.06. The Kier molecular flexibility index (Phi) is 3.74. The smallest absolute Gasteiger partial charge is 0.213 e. The second kappa shape index (κ2) is 5.31. The van der Waals surface area contributed by atoms with Gasteiger partial charge in [-0.3, -0.25) is 9.78 Å². The molecule has 3 nitrogen and oxygen atoms in total. The highest BCUT2D eigenvalue weighted by Gasteiger charge is 2.20. The van der Waals surface area contributed by atoms with Crippen molar-refractivity contribution in [3.8, 4) is 0 Å². The Morgan fingerprint density at radius 3 is 2.37 bits per heavy atom. The number of carbonyl (C=O) groups excluding carboxylic acids is 1. The Morgan fingerprint density at radius 1 is 1.11 bits per heavy atom. The lowest BCUT2D eigenvalue weighted by molar-refractivity contribution is 0.103. The van der Waals surface area contributed by atoms with E-state index in [4.69, 9.17) is 0 Å². The molecule has 0 aliphatic heterocycles. The molecule has 0 fully saturated rings. The lowest BCUT2D eigenvalue weighted by Crippen LogP contribution is -2.12. The minimum atomic E-state index is -0.0435. The normalized spacial score (nSPS) is 10.8. The summed E-state index contributed by atoms with van der Waals surface area (Å²) in [6, 6.07) is 4.06. The van der Waals surface area contributed by atoms with Crippen LogP contribution in [0.5, 0.6) is 0 Å². The van der Waals surface area contributed by atoms with Gasteiger partial charge in [0.25, 0.3) is 0 Å². The monoisotopic (exact) mass is 254 g/mol. The van der Waals surface area contributed by atoms with E-state index < -0.39 is 0 Å². The molecule has 0 N–H and O–H groups in total. The maximum Gasteiger partial charge on any atom is 0.213 e. The van der Waals surface area contributed by atoms with Crippen molar-refractivity contribution in [3.05, 3.63) is 58.7 Å². The lowest BCUT2D eigenvalue weighted by atomic mass is 9.87. The number of rotatable bonds is 3. The average Bonchev–Trinajstić information content (AvgIpc) is 2.41. The SMILES string of the molecule is Cc1ccc(C)c(C(C)C)c1C(=O)c1cnccn1. The van der Waals surface area contributed by atoms with Gasteiger partial charge in [0.05, 0.1) is 6.20 Å². The fourth-order valence-electron chi connectivity index (χ4n) is 2.42. The van der Waals surface area contributed by atoms with E-state index in [1.54, 1.807) is 12.4 Å². The molecule has 1 aromatic carbocycles. The zero-order chi connectivity index (χ0) is 14.0. The lowest BCUT2D eigenvalue weighted by Gasteiger charge is -2.17. The van der Waals surface area contributed by atoms with Crippen molar-refractivity contribution in [1.29, 1.82) is 0 Å². The van der Waals surface area contributed by atoms with Gasteiger partial charge in [-0.25, -0.2) is 4.98 Å². The largest absolute Gasteiger partial charge is 0.287 e. The minimum absolute atomic E-state index is 0.0435. The summed E-state index contributed by atoms with van der Waals surface area (Å²) in [5.41, 5.74) is 4.42. The van der Waals surface area contributed by atoms with Crippen LogP contribution < -0.4 is 0 Å². The van der Waals surface area contributed by atoms with Gasteiger partial charge >= 0.3 is 0 Å². The fraction of sp³-hybridized carbons (Fsp3) is 0.312. The van der Waals surface area contributed by atoms with Gasteiger partial charge in [0.1, 0.15) is 5.69 Å². The molecule has 0 radical (unpaired) electrons. The standard InChI is InChI=1S/C16H18N2O/c1-10(2)14-11(3)5-6-12(4)15(14)16(19)13-9-17-7-8-18-13/h5-10H,1-4H3. The molecule has 0 unspecified atom stereocenters. The van der Waals surface area contributed by atoms with E-state index in [1.807, 2.05) is 19.9 Å². The van der Waals surface area contributed by atoms with E-state index in [9.17, 15) is 4.79 Å². The molecule has 0 amide bonds. The average molecular weight is 254 g/mol. The number of hydrogen-bond donors (Lipinski definition) is 0. The van der Waals surface area contributed by atoms with Crippen LogP contribution in [0.25, 0.3) is 0 Å². The number of nitrogens with zero attached hydrogens (tertiary/aromatic N) is 2. The van der Waals surface area contributed by atoms with Gasteiger partial charge in [-0.2, -0.15) is 0 Å². The van der Waals surface area contributed by atoms with Crippen LogP contribution in [-0.2, 0) is 0 Å². The van der Waals surface area contributed by atoms with Gasteiger partial charge in [-0.1, -0.05) is 26.0 Å². The maximum absolute atomic E-state index is 12.6. The molecular formula is C16H18N2O. The molecule has 2 rings (SSSR count). The molecule has 0 bridgehead atoms. The molecule has 1 aromatic heterocycles. The Balaban J connectivity index is 2.62. The van der Waals surface area contributed by atoms with E-state index in [0.717, 1.165) is 22.3 Å². The quantitative estimate of drug-likeness (QED) is 0.788. The van der Waals surface area contributed by atoms with E-state index in [2.05, 4.69) is 29.9 Å². The highest BCUT2D eigenvalue weighted by molar-refractivity contribution is 6.09. The highest BCUT2D eigenvalue weighted by atomic mass is 16.1. The minimum Gasteiger partial charge on any atom is -0.287 e. The van der Waals surface area contributed by atoms with Crippen LogP contribution >= 0.6 is 0 Å². The van der Waals surface area contributed by atoms with Crippen molar-refractivity contribution in [3.63, 3.8) is 0 Å². The third kappa shape index (κ3) is 2.55. The summed E-state index contributed by atoms with van der Waals surface area (Å²) >= 11 is 0. The van der Waals surface area contributed by atoms with Crippen LogP contribution in [0.15, 0.2) is 30.7 Å². The second-order valence-corrected chi connectivity index (χ2v) is 5.06. The third-order valence-electron chi connectivity index (χ3n) is 3.27. The van der Waals surface area contributed by atoms with E-state index >= 15 is 0 Å². The van der Waals surface area contributed by atoms with Gasteiger partial charge in [-0.15, -0.1) is 0 Å². The molecule has 0 atom stereocenters. The summed E-state index contributed by atoms with van der Waals surface area (Å²) in [6.07, 6.45) is 4.64. The molecular weight excluding hydrogens is 236 g/mol. The van der Waals surface area contributed by atoms with Crippen molar-refractivity contribution < 1.29 is 4.79 Å². The molecule has 0 aliphatic carbocycles. The predicted octanol–water partition coefficient (Wildman–Crippen LogP) is 3.45. The van der Waals surface area contributed by atoms with Crippen LogP contribution in [-0.4, -0.2) is 15.8 Å². The molecule has 19 heavy (non-hydrogen) atoms. The number of carbonyl (C=O) groups is 1. The van der Waals surface area contributed by atoms with Crippen LogP contribution in [0.3, 0.4) is 0 Å². The molecule has 0 spiro atoms. The van der Waals surface area contributed by atoms with E-state index in [0.29, 0.717) is 11.6 Å². The number of hydrogen-bond acceptors (Lipinski definition) is 3. The number of ketones is 1. The first-order valence-electron chi connectivity index (χ1n) is 6.43. The van der Waals surface area contributed by atoms with Gasteiger partial charge in [0, 0.05) is 18.0 Å².